The monoisotopic (exact) mass is 235 g/mol. The number of benzene rings is 1. The van der Waals surface area contributed by atoms with Crippen LogP contribution in [0.4, 0.5) is 0 Å². The molecule has 1 aromatic rings. The topological polar surface area (TPSA) is 46.6 Å². The van der Waals surface area contributed by atoms with Crippen LogP contribution in [0.2, 0.25) is 0 Å². The van der Waals surface area contributed by atoms with Crippen LogP contribution in [0.5, 0.6) is 0 Å². The molecule has 0 unspecified atom stereocenters. The third-order valence-electron chi connectivity index (χ3n) is 2.48. The first-order valence-corrected chi connectivity index (χ1v) is 5.43. The van der Waals surface area contributed by atoms with E-state index in [0.717, 1.165) is 12.0 Å². The van der Waals surface area contributed by atoms with Gasteiger partial charge >= 0.3 is 5.97 Å². The van der Waals surface area contributed by atoms with E-state index in [4.69, 9.17) is 0 Å². The Balaban J connectivity index is 3.23. The summed E-state index contributed by atoms with van der Waals surface area (Å²) in [5.41, 5.74) is 1.87. The first-order valence-electron chi connectivity index (χ1n) is 5.43. The molecule has 1 amide bonds. The van der Waals surface area contributed by atoms with E-state index in [9.17, 15) is 9.59 Å². The van der Waals surface area contributed by atoms with E-state index in [1.54, 1.807) is 32.3 Å². The molecule has 1 aromatic carbocycles. The van der Waals surface area contributed by atoms with Gasteiger partial charge in [0.2, 0.25) is 0 Å². The van der Waals surface area contributed by atoms with Crippen LogP contribution >= 0.6 is 0 Å². The van der Waals surface area contributed by atoms with Crippen LogP contribution in [0, 0.1) is 0 Å². The van der Waals surface area contributed by atoms with Crippen molar-refractivity contribution in [2.24, 2.45) is 0 Å². The predicted molar refractivity (Wildman–Crippen MR) is 65.2 cm³/mol. The van der Waals surface area contributed by atoms with Gasteiger partial charge in [0.05, 0.1) is 12.7 Å². The Hall–Kier alpha value is -1.84. The van der Waals surface area contributed by atoms with E-state index in [0.29, 0.717) is 11.1 Å². The zero-order valence-electron chi connectivity index (χ0n) is 10.6. The van der Waals surface area contributed by atoms with Crippen molar-refractivity contribution in [2.45, 2.75) is 13.3 Å². The highest BCUT2D eigenvalue weighted by molar-refractivity contribution is 5.98. The Labute approximate surface area is 101 Å². The molecule has 0 saturated heterocycles. The lowest BCUT2D eigenvalue weighted by Gasteiger charge is -2.12. The molecule has 92 valence electrons. The molecule has 4 nitrogen and oxygen atoms in total. The number of ether oxygens (including phenoxy) is 1. The molecule has 0 aliphatic rings. The minimum atomic E-state index is -0.423. The fraction of sp³-hybridized carbons (Fsp3) is 0.385. The zero-order valence-corrected chi connectivity index (χ0v) is 10.6. The molecule has 0 fully saturated rings. The van der Waals surface area contributed by atoms with Crippen LogP contribution in [0.3, 0.4) is 0 Å². The van der Waals surface area contributed by atoms with E-state index in [2.05, 4.69) is 4.74 Å². The van der Waals surface area contributed by atoms with Gasteiger partial charge in [0, 0.05) is 19.7 Å². The number of esters is 1. The minimum absolute atomic E-state index is 0.120. The van der Waals surface area contributed by atoms with E-state index in [1.807, 2.05) is 6.92 Å². The summed E-state index contributed by atoms with van der Waals surface area (Å²) in [7, 11) is 4.69. The maximum absolute atomic E-state index is 11.8. The Kier molecular flexibility index (Phi) is 4.26. The molecule has 17 heavy (non-hydrogen) atoms. The molecule has 0 N–H and O–H groups in total. The maximum atomic E-state index is 11.8. The Bertz CT molecular complexity index is 438. The van der Waals surface area contributed by atoms with Crippen molar-refractivity contribution in [2.75, 3.05) is 21.2 Å². The van der Waals surface area contributed by atoms with Gasteiger partial charge in [-0.05, 0) is 30.2 Å². The second kappa shape index (κ2) is 5.48. The van der Waals surface area contributed by atoms with Gasteiger partial charge in [-0.3, -0.25) is 4.79 Å². The normalized spacial score (nSPS) is 9.88. The third kappa shape index (κ3) is 3.06. The summed E-state index contributed by atoms with van der Waals surface area (Å²) in [6, 6.07) is 5.11. The highest BCUT2D eigenvalue weighted by atomic mass is 16.5. The number of hydrogen-bond donors (Lipinski definition) is 0. The summed E-state index contributed by atoms with van der Waals surface area (Å²) in [4.78, 5) is 24.8. The summed E-state index contributed by atoms with van der Waals surface area (Å²) in [5.74, 6) is -0.543. The van der Waals surface area contributed by atoms with E-state index >= 15 is 0 Å². The zero-order chi connectivity index (χ0) is 13.0. The van der Waals surface area contributed by atoms with Gasteiger partial charge < -0.3 is 9.64 Å². The third-order valence-corrected chi connectivity index (χ3v) is 2.48. The number of carbonyl (C=O) groups is 2. The lowest BCUT2D eigenvalue weighted by atomic mass is 10.0. The van der Waals surface area contributed by atoms with E-state index in [1.165, 1.54) is 12.0 Å². The second-order valence-corrected chi connectivity index (χ2v) is 3.96. The molecule has 0 radical (unpaired) electrons. The highest BCUT2D eigenvalue weighted by Crippen LogP contribution is 2.13. The van der Waals surface area contributed by atoms with Crippen molar-refractivity contribution < 1.29 is 14.3 Å². The number of carbonyl (C=O) groups excluding carboxylic acids is 2. The molecule has 0 aromatic heterocycles. The summed E-state index contributed by atoms with van der Waals surface area (Å²) in [6.07, 6.45) is 0.762. The van der Waals surface area contributed by atoms with E-state index < -0.39 is 5.97 Å². The van der Waals surface area contributed by atoms with Crippen LogP contribution < -0.4 is 0 Å². The Morgan fingerprint density at radius 3 is 2.24 bits per heavy atom. The maximum Gasteiger partial charge on any atom is 0.337 e. The van der Waals surface area contributed by atoms with Crippen molar-refractivity contribution in [3.05, 3.63) is 34.9 Å². The first kappa shape index (κ1) is 13.2. The number of aryl methyl sites for hydroxylation is 1. The van der Waals surface area contributed by atoms with Crippen molar-refractivity contribution >= 4 is 11.9 Å². The largest absolute Gasteiger partial charge is 0.465 e. The van der Waals surface area contributed by atoms with Gasteiger partial charge in [-0.15, -0.1) is 0 Å². The van der Waals surface area contributed by atoms with Crippen LogP contribution in [0.1, 0.15) is 33.2 Å². The van der Waals surface area contributed by atoms with Crippen molar-refractivity contribution in [3.63, 3.8) is 0 Å². The van der Waals surface area contributed by atoms with Gasteiger partial charge in [0.1, 0.15) is 0 Å². The molecule has 0 spiro atoms. The van der Waals surface area contributed by atoms with Crippen molar-refractivity contribution in [3.8, 4) is 0 Å². The Morgan fingerprint density at radius 2 is 1.76 bits per heavy atom. The SMILES string of the molecule is CCc1cc(C(=O)OC)cc(C(=O)N(C)C)c1. The number of hydrogen-bond acceptors (Lipinski definition) is 3. The van der Waals surface area contributed by atoms with Gasteiger partial charge in [-0.25, -0.2) is 4.79 Å². The fourth-order valence-electron chi connectivity index (χ4n) is 1.51. The molecule has 0 saturated carbocycles. The van der Waals surface area contributed by atoms with Gasteiger partial charge in [0.15, 0.2) is 0 Å². The van der Waals surface area contributed by atoms with Gasteiger partial charge in [0.25, 0.3) is 5.91 Å². The fourth-order valence-corrected chi connectivity index (χ4v) is 1.51. The lowest BCUT2D eigenvalue weighted by Crippen LogP contribution is -2.22. The van der Waals surface area contributed by atoms with Crippen LogP contribution in [0.25, 0.3) is 0 Å². The molecule has 0 bridgehead atoms. The smallest absolute Gasteiger partial charge is 0.337 e. The highest BCUT2D eigenvalue weighted by Gasteiger charge is 2.13. The molecule has 0 aliphatic heterocycles. The summed E-state index contributed by atoms with van der Waals surface area (Å²) in [5, 5.41) is 0. The second-order valence-electron chi connectivity index (χ2n) is 3.96. The van der Waals surface area contributed by atoms with E-state index in [-0.39, 0.29) is 5.91 Å². The van der Waals surface area contributed by atoms with Crippen LogP contribution in [-0.2, 0) is 11.2 Å². The average molecular weight is 235 g/mol. The quantitative estimate of drug-likeness (QED) is 0.750. The number of methoxy groups -OCH3 is 1. The molecule has 1 rings (SSSR count). The standard InChI is InChI=1S/C13H17NO3/c1-5-9-6-10(12(15)14(2)3)8-11(7-9)13(16)17-4/h6-8H,5H2,1-4H3. The molecule has 0 aliphatic carbocycles. The minimum Gasteiger partial charge on any atom is -0.465 e. The number of rotatable bonds is 3. The lowest BCUT2D eigenvalue weighted by molar-refractivity contribution is 0.0600. The molecule has 4 heteroatoms. The summed E-state index contributed by atoms with van der Waals surface area (Å²) < 4.78 is 4.67. The molecule has 0 atom stereocenters. The van der Waals surface area contributed by atoms with Crippen molar-refractivity contribution in [1.29, 1.82) is 0 Å². The predicted octanol–water partition coefficient (Wildman–Crippen LogP) is 1.74. The average Bonchev–Trinajstić information content (AvgIpc) is 2.35. The number of nitrogens with zero attached hydrogens (tertiary/aromatic N) is 1. The molecule has 0 heterocycles. The van der Waals surface area contributed by atoms with Crippen LogP contribution in [-0.4, -0.2) is 38.0 Å². The van der Waals surface area contributed by atoms with Gasteiger partial charge in [-0.1, -0.05) is 6.92 Å². The summed E-state index contributed by atoms with van der Waals surface area (Å²) in [6.45, 7) is 1.97. The first-order chi connectivity index (χ1) is 7.99. The Morgan fingerprint density at radius 1 is 1.18 bits per heavy atom. The van der Waals surface area contributed by atoms with Crippen LogP contribution in [0.15, 0.2) is 18.2 Å². The molecular weight excluding hydrogens is 218 g/mol. The van der Waals surface area contributed by atoms with Gasteiger partial charge in [-0.2, -0.15) is 0 Å². The summed E-state index contributed by atoms with van der Waals surface area (Å²) >= 11 is 0. The molecular formula is C13H17NO3. The number of amides is 1. The van der Waals surface area contributed by atoms with Crippen molar-refractivity contribution in [1.82, 2.24) is 4.90 Å².